The number of rotatable bonds is 25. The third-order valence-electron chi connectivity index (χ3n) is 7.85. The average Bonchev–Trinajstić information content (AvgIpc) is 3.03. The molecular weight excluding hydrogens is 607 g/mol. The summed E-state index contributed by atoms with van der Waals surface area (Å²) >= 11 is -4.05. The number of pyridine rings is 1. The van der Waals surface area contributed by atoms with Crippen molar-refractivity contribution in [2.24, 2.45) is 0 Å². The molecule has 2 rings (SSSR count). The summed E-state index contributed by atoms with van der Waals surface area (Å²) < 4.78 is 43.7. The first-order valence-corrected chi connectivity index (χ1v) is 19.3. The average molecular weight is 662 g/mol. The van der Waals surface area contributed by atoms with Gasteiger partial charge in [0.15, 0.2) is 23.5 Å². The minimum atomic E-state index is -2.15. The standard InChI is InChI=1S/C35H55N3O5S2/c1-3-5-7-9-24-37(25-10-8-6-4-2)34-19-17-32(18-20-34)15-16-33-21-28-36(29-22-33)23-11-14-35(39)38(26-12-30-44(40)41)27-13-31-45(42)43/h15-22,28-29H,3-14,23-27,30-31H2,1-2H3,(H-,40,41,42,43). The highest BCUT2D eigenvalue weighted by Crippen LogP contribution is 2.19. The maximum atomic E-state index is 12.8. The van der Waals surface area contributed by atoms with Crippen molar-refractivity contribution in [2.45, 2.75) is 97.4 Å². The maximum absolute atomic E-state index is 12.8. The van der Waals surface area contributed by atoms with Gasteiger partial charge in [-0.1, -0.05) is 87.7 Å². The van der Waals surface area contributed by atoms with Crippen molar-refractivity contribution in [1.82, 2.24) is 4.90 Å². The molecule has 252 valence electrons. The summed E-state index contributed by atoms with van der Waals surface area (Å²) in [5.41, 5.74) is 3.58. The van der Waals surface area contributed by atoms with Crippen LogP contribution in [0.15, 0.2) is 48.8 Å². The van der Waals surface area contributed by atoms with E-state index in [-0.39, 0.29) is 17.4 Å². The van der Waals surface area contributed by atoms with E-state index in [0.29, 0.717) is 45.3 Å². The van der Waals surface area contributed by atoms with Crippen LogP contribution >= 0.6 is 0 Å². The van der Waals surface area contributed by atoms with E-state index in [1.165, 1.54) is 62.6 Å². The van der Waals surface area contributed by atoms with Gasteiger partial charge in [0.1, 0.15) is 6.54 Å². The molecule has 0 aliphatic rings. The van der Waals surface area contributed by atoms with Crippen molar-refractivity contribution in [1.29, 1.82) is 0 Å². The molecular formula is C35H55N3O5S2. The molecule has 0 radical (unpaired) electrons. The Bertz CT molecular complexity index is 1130. The Morgan fingerprint density at radius 3 is 1.84 bits per heavy atom. The zero-order chi connectivity index (χ0) is 32.7. The van der Waals surface area contributed by atoms with Gasteiger partial charge in [-0.25, -0.2) is 8.78 Å². The molecule has 0 fully saturated rings. The van der Waals surface area contributed by atoms with Gasteiger partial charge < -0.3 is 18.9 Å². The monoisotopic (exact) mass is 661 g/mol. The molecule has 0 aliphatic carbocycles. The van der Waals surface area contributed by atoms with Crippen molar-refractivity contribution in [3.63, 3.8) is 0 Å². The molecule has 0 saturated carbocycles. The molecule has 1 heterocycles. The number of benzene rings is 1. The molecule has 1 N–H and O–H groups in total. The molecule has 2 aromatic rings. The zero-order valence-electron chi connectivity index (χ0n) is 27.4. The molecule has 1 aromatic heterocycles. The summed E-state index contributed by atoms with van der Waals surface area (Å²) in [6.45, 7) is 8.13. The zero-order valence-corrected chi connectivity index (χ0v) is 29.1. The first-order chi connectivity index (χ1) is 21.8. The third-order valence-corrected chi connectivity index (χ3v) is 9.11. The molecule has 0 bridgehead atoms. The van der Waals surface area contributed by atoms with Gasteiger partial charge in [0.25, 0.3) is 0 Å². The number of aromatic nitrogens is 1. The van der Waals surface area contributed by atoms with Gasteiger partial charge in [0.05, 0.1) is 5.75 Å². The normalized spacial score (nSPS) is 12.8. The van der Waals surface area contributed by atoms with Crippen LogP contribution < -0.4 is 9.47 Å². The molecule has 1 aromatic carbocycles. The van der Waals surface area contributed by atoms with Crippen molar-refractivity contribution < 1.29 is 26.9 Å². The number of nitrogens with zero attached hydrogens (tertiary/aromatic N) is 3. The van der Waals surface area contributed by atoms with Crippen LogP contribution in [0.1, 0.15) is 102 Å². The topological polar surface area (TPSA) is 105 Å². The fourth-order valence-corrected chi connectivity index (χ4v) is 5.97. The summed E-state index contributed by atoms with van der Waals surface area (Å²) in [5.74, 6) is 0.0305. The lowest BCUT2D eigenvalue weighted by molar-refractivity contribution is -0.697. The van der Waals surface area contributed by atoms with Crippen molar-refractivity contribution in [2.75, 3.05) is 42.6 Å². The highest BCUT2D eigenvalue weighted by Gasteiger charge is 2.14. The van der Waals surface area contributed by atoms with Gasteiger partial charge in [-0.2, -0.15) is 0 Å². The second-order valence-electron chi connectivity index (χ2n) is 11.6. The van der Waals surface area contributed by atoms with Crippen molar-refractivity contribution >= 4 is 45.9 Å². The molecule has 2 unspecified atom stereocenters. The summed E-state index contributed by atoms with van der Waals surface area (Å²) in [4.78, 5) is 16.9. The number of carbonyl (C=O) groups excluding carboxylic acids is 1. The van der Waals surface area contributed by atoms with Gasteiger partial charge in [0, 0.05) is 62.6 Å². The molecule has 0 saturated heterocycles. The van der Waals surface area contributed by atoms with E-state index in [0.717, 1.165) is 18.7 Å². The molecule has 45 heavy (non-hydrogen) atoms. The molecule has 0 aliphatic heterocycles. The van der Waals surface area contributed by atoms with Crippen molar-refractivity contribution in [3.05, 3.63) is 59.9 Å². The predicted octanol–water partition coefficient (Wildman–Crippen LogP) is 6.60. The molecule has 10 heteroatoms. The second-order valence-corrected chi connectivity index (χ2v) is 13.7. The van der Waals surface area contributed by atoms with Gasteiger partial charge >= 0.3 is 0 Å². The number of carbonyl (C=O) groups is 1. The minimum Gasteiger partial charge on any atom is -0.772 e. The largest absolute Gasteiger partial charge is 0.772 e. The first kappa shape index (κ1) is 38.8. The third kappa shape index (κ3) is 17.8. The van der Waals surface area contributed by atoms with Crippen LogP contribution in [-0.4, -0.2) is 66.0 Å². The van der Waals surface area contributed by atoms with E-state index in [9.17, 15) is 17.8 Å². The Balaban J connectivity index is 1.86. The number of amides is 1. The maximum Gasteiger partial charge on any atom is 0.222 e. The van der Waals surface area contributed by atoms with Crippen LogP contribution in [-0.2, 0) is 33.5 Å². The Morgan fingerprint density at radius 2 is 1.31 bits per heavy atom. The SMILES string of the molecule is CCCCCCN(CCCCCC)c1ccc(/C=C/c2cc[n+](CCCC(=O)N(CCCS(=O)[O-])CCCS(=O)O)cc2)cc1. The summed E-state index contributed by atoms with van der Waals surface area (Å²) in [7, 11) is 0. The van der Waals surface area contributed by atoms with Crippen LogP contribution in [0.5, 0.6) is 0 Å². The fourth-order valence-electron chi connectivity index (χ4n) is 5.23. The van der Waals surface area contributed by atoms with Crippen LogP contribution in [0.3, 0.4) is 0 Å². The number of hydrogen-bond donors (Lipinski definition) is 1. The van der Waals surface area contributed by atoms with Gasteiger partial charge in [-0.3, -0.25) is 9.00 Å². The quantitative estimate of drug-likeness (QED) is 0.0731. The Kier molecular flexibility index (Phi) is 20.6. The van der Waals surface area contributed by atoms with E-state index >= 15 is 0 Å². The number of hydrogen-bond acceptors (Lipinski definition) is 5. The number of unbranched alkanes of at least 4 members (excludes halogenated alkanes) is 6. The predicted molar refractivity (Wildman–Crippen MR) is 187 cm³/mol. The number of aryl methyl sites for hydroxylation is 1. The van der Waals surface area contributed by atoms with Gasteiger partial charge in [0.2, 0.25) is 5.91 Å². The Hall–Kier alpha value is -2.40. The fraction of sp³-hybridized carbons (Fsp3) is 0.600. The van der Waals surface area contributed by atoms with E-state index in [1.807, 2.05) is 12.4 Å². The number of anilines is 1. The molecule has 2 atom stereocenters. The minimum absolute atomic E-state index is 0.00530. The van der Waals surface area contributed by atoms with E-state index in [2.05, 4.69) is 71.9 Å². The van der Waals surface area contributed by atoms with Crippen LogP contribution in [0.25, 0.3) is 12.2 Å². The van der Waals surface area contributed by atoms with E-state index < -0.39 is 22.2 Å². The van der Waals surface area contributed by atoms with Crippen molar-refractivity contribution in [3.8, 4) is 0 Å². The lowest BCUT2D eigenvalue weighted by Gasteiger charge is -2.25. The smallest absolute Gasteiger partial charge is 0.222 e. The summed E-state index contributed by atoms with van der Waals surface area (Å²) in [5, 5.41) is 0. The Morgan fingerprint density at radius 1 is 0.756 bits per heavy atom. The first-order valence-electron chi connectivity index (χ1n) is 16.8. The highest BCUT2D eigenvalue weighted by atomic mass is 32.2. The molecule has 0 spiro atoms. The van der Waals surface area contributed by atoms with Gasteiger partial charge in [-0.05, 0) is 48.9 Å². The van der Waals surface area contributed by atoms with Gasteiger partial charge in [-0.15, -0.1) is 0 Å². The van der Waals surface area contributed by atoms with Crippen LogP contribution in [0, 0.1) is 0 Å². The second kappa shape index (κ2) is 23.9. The molecule has 1 amide bonds. The molecule has 8 nitrogen and oxygen atoms in total. The lowest BCUT2D eigenvalue weighted by Crippen LogP contribution is -2.36. The van der Waals surface area contributed by atoms with E-state index in [1.54, 1.807) is 4.90 Å². The summed E-state index contributed by atoms with van der Waals surface area (Å²) in [6.07, 6.45) is 20.2. The highest BCUT2D eigenvalue weighted by molar-refractivity contribution is 7.79. The Labute approximate surface area is 276 Å². The summed E-state index contributed by atoms with van der Waals surface area (Å²) in [6, 6.07) is 13.0. The van der Waals surface area contributed by atoms with Crippen LogP contribution in [0.2, 0.25) is 0 Å². The lowest BCUT2D eigenvalue weighted by atomic mass is 10.1. The van der Waals surface area contributed by atoms with E-state index in [4.69, 9.17) is 4.55 Å². The van der Waals surface area contributed by atoms with Crippen LogP contribution in [0.4, 0.5) is 5.69 Å².